The molecule has 0 radical (unpaired) electrons. The van der Waals surface area contributed by atoms with Crippen LogP contribution in [0.4, 0.5) is 0 Å². The predicted molar refractivity (Wildman–Crippen MR) is 153 cm³/mol. The van der Waals surface area contributed by atoms with Crippen molar-refractivity contribution in [3.8, 4) is 0 Å². The summed E-state index contributed by atoms with van der Waals surface area (Å²) in [6.45, 7) is 8.62. The van der Waals surface area contributed by atoms with Gasteiger partial charge in [0, 0.05) is 25.9 Å². The molecule has 0 bridgehead atoms. The lowest BCUT2D eigenvalue weighted by Gasteiger charge is -2.26. The fourth-order valence-electron chi connectivity index (χ4n) is 3.89. The molecular weight excluding hydrogens is 464 g/mol. The Morgan fingerprint density at radius 1 is 0.838 bits per heavy atom. The molecule has 0 aliphatic carbocycles. The van der Waals surface area contributed by atoms with Crippen molar-refractivity contribution in [1.29, 1.82) is 0 Å². The zero-order chi connectivity index (χ0) is 26.8. The first-order chi connectivity index (χ1) is 18.1. The van der Waals surface area contributed by atoms with E-state index in [9.17, 15) is 9.59 Å². The van der Waals surface area contributed by atoms with Crippen LogP contribution in [-0.2, 0) is 19.1 Å². The number of hydrogen-bond acceptors (Lipinski definition) is 5. The molecule has 1 saturated heterocycles. The van der Waals surface area contributed by atoms with E-state index in [-0.39, 0.29) is 24.5 Å². The highest BCUT2D eigenvalue weighted by atomic mass is 16.5. The zero-order valence-corrected chi connectivity index (χ0v) is 23.5. The highest BCUT2D eigenvalue weighted by Crippen LogP contribution is 2.03. The van der Waals surface area contributed by atoms with Crippen molar-refractivity contribution < 1.29 is 19.1 Å². The summed E-state index contributed by atoms with van der Waals surface area (Å²) in [5.74, 6) is -0.193. The molecule has 6 nitrogen and oxygen atoms in total. The Bertz CT molecular complexity index is 693. The van der Waals surface area contributed by atoms with E-state index >= 15 is 0 Å². The molecule has 0 unspecified atom stereocenters. The van der Waals surface area contributed by atoms with Crippen LogP contribution in [0.15, 0.2) is 48.6 Å². The van der Waals surface area contributed by atoms with E-state index in [0.29, 0.717) is 12.8 Å². The standard InChI is InChI=1S/C31H52N2O4/c1-3-4-5-6-7-8-9-10-11-12-13-14-15-16-17-18-19-21-30(34)32-29(2)28-37-31(35)22-20-23-33-24-26-36-27-25-33/h7-8,10-11,13-14,16-17,29H,3-6,9,12,15,18-28H2,1-2H3,(H,32,34)/t29-/m1/s1. The van der Waals surface area contributed by atoms with Crippen LogP contribution < -0.4 is 5.32 Å². The van der Waals surface area contributed by atoms with Crippen LogP contribution in [0.25, 0.3) is 0 Å². The molecule has 1 N–H and O–H groups in total. The molecule has 1 rings (SSSR count). The van der Waals surface area contributed by atoms with Crippen LogP contribution in [0.5, 0.6) is 0 Å². The number of morpholine rings is 1. The van der Waals surface area contributed by atoms with Crippen molar-refractivity contribution in [3.05, 3.63) is 48.6 Å². The average Bonchev–Trinajstić information content (AvgIpc) is 2.90. The first-order valence-electron chi connectivity index (χ1n) is 14.5. The molecule has 1 heterocycles. The lowest BCUT2D eigenvalue weighted by molar-refractivity contribution is -0.145. The van der Waals surface area contributed by atoms with Gasteiger partial charge in [-0.25, -0.2) is 0 Å². The molecule has 1 amide bonds. The van der Waals surface area contributed by atoms with Gasteiger partial charge in [0.15, 0.2) is 0 Å². The number of nitrogens with zero attached hydrogens (tertiary/aromatic N) is 1. The summed E-state index contributed by atoms with van der Waals surface area (Å²) in [7, 11) is 0. The highest BCUT2D eigenvalue weighted by molar-refractivity contribution is 5.76. The Labute approximate surface area is 226 Å². The summed E-state index contributed by atoms with van der Waals surface area (Å²) >= 11 is 0. The van der Waals surface area contributed by atoms with Gasteiger partial charge in [0.1, 0.15) is 6.61 Å². The maximum atomic E-state index is 12.1. The molecule has 0 spiro atoms. The van der Waals surface area contributed by atoms with Gasteiger partial charge in [0.25, 0.3) is 0 Å². The van der Waals surface area contributed by atoms with Crippen molar-refractivity contribution in [3.63, 3.8) is 0 Å². The van der Waals surface area contributed by atoms with E-state index < -0.39 is 0 Å². The van der Waals surface area contributed by atoms with E-state index in [1.54, 1.807) is 0 Å². The Balaban J connectivity index is 1.95. The molecule has 0 aromatic heterocycles. The van der Waals surface area contributed by atoms with Gasteiger partial charge in [0.2, 0.25) is 5.91 Å². The molecule has 37 heavy (non-hydrogen) atoms. The van der Waals surface area contributed by atoms with Gasteiger partial charge < -0.3 is 14.8 Å². The van der Waals surface area contributed by atoms with Gasteiger partial charge in [-0.1, -0.05) is 68.4 Å². The Hall–Kier alpha value is -2.18. The van der Waals surface area contributed by atoms with Crippen molar-refractivity contribution >= 4 is 11.9 Å². The SMILES string of the molecule is CCCCCC=CCC=CCC=CCC=CCCCC(=O)N[C@H](C)COC(=O)CCCN1CCOCC1. The number of amides is 1. The predicted octanol–water partition coefficient (Wildman–Crippen LogP) is 6.29. The van der Waals surface area contributed by atoms with Crippen LogP contribution in [0.1, 0.15) is 90.9 Å². The lowest BCUT2D eigenvalue weighted by Crippen LogP contribution is -2.37. The second-order valence-corrected chi connectivity index (χ2v) is 9.69. The third-order valence-electron chi connectivity index (χ3n) is 6.09. The quantitative estimate of drug-likeness (QED) is 0.110. The van der Waals surface area contributed by atoms with Gasteiger partial charge in [-0.05, 0) is 64.8 Å². The molecule has 1 fully saturated rings. The minimum atomic E-state index is -0.199. The number of allylic oxidation sites excluding steroid dienone is 8. The molecule has 6 heteroatoms. The Morgan fingerprint density at radius 2 is 1.43 bits per heavy atom. The maximum Gasteiger partial charge on any atom is 0.305 e. The maximum absolute atomic E-state index is 12.1. The van der Waals surface area contributed by atoms with Crippen LogP contribution in [0.3, 0.4) is 0 Å². The first-order valence-corrected chi connectivity index (χ1v) is 14.5. The third-order valence-corrected chi connectivity index (χ3v) is 6.09. The van der Waals surface area contributed by atoms with E-state index in [2.05, 4.69) is 65.7 Å². The second kappa shape index (κ2) is 24.2. The Morgan fingerprint density at radius 3 is 2.05 bits per heavy atom. The summed E-state index contributed by atoms with van der Waals surface area (Å²) < 4.78 is 10.6. The molecule has 1 aliphatic rings. The first kappa shape index (κ1) is 32.8. The monoisotopic (exact) mass is 516 g/mol. The summed E-state index contributed by atoms with van der Waals surface area (Å²) in [5.41, 5.74) is 0. The van der Waals surface area contributed by atoms with Gasteiger partial charge in [-0.3, -0.25) is 14.5 Å². The van der Waals surface area contributed by atoms with Crippen LogP contribution in [-0.4, -0.2) is 62.3 Å². The number of hydrogen-bond donors (Lipinski definition) is 1. The fourth-order valence-corrected chi connectivity index (χ4v) is 3.89. The summed E-state index contributed by atoms with van der Waals surface area (Å²) in [6, 6.07) is -0.174. The smallest absolute Gasteiger partial charge is 0.305 e. The number of esters is 1. The van der Waals surface area contributed by atoms with E-state index in [0.717, 1.165) is 71.4 Å². The molecule has 1 aliphatic heterocycles. The topological polar surface area (TPSA) is 67.9 Å². The second-order valence-electron chi connectivity index (χ2n) is 9.69. The minimum absolute atomic E-state index is 0.00625. The summed E-state index contributed by atoms with van der Waals surface area (Å²) in [4.78, 5) is 26.3. The highest BCUT2D eigenvalue weighted by Gasteiger charge is 2.13. The number of carbonyl (C=O) groups is 2. The van der Waals surface area contributed by atoms with Gasteiger partial charge in [-0.15, -0.1) is 0 Å². The summed E-state index contributed by atoms with van der Waals surface area (Å²) in [5, 5.41) is 2.91. The number of carbonyl (C=O) groups excluding carboxylic acids is 2. The van der Waals surface area contributed by atoms with E-state index in [1.165, 1.54) is 25.7 Å². The molecular formula is C31H52N2O4. The average molecular weight is 517 g/mol. The van der Waals surface area contributed by atoms with Crippen LogP contribution in [0, 0.1) is 0 Å². The largest absolute Gasteiger partial charge is 0.463 e. The van der Waals surface area contributed by atoms with Crippen molar-refractivity contribution in [2.45, 2.75) is 96.9 Å². The molecule has 210 valence electrons. The molecule has 1 atom stereocenters. The number of nitrogens with one attached hydrogen (secondary N) is 1. The van der Waals surface area contributed by atoms with Crippen LogP contribution in [0.2, 0.25) is 0 Å². The normalized spacial score (nSPS) is 15.8. The van der Waals surface area contributed by atoms with Gasteiger partial charge >= 0.3 is 5.97 Å². The Kier molecular flexibility index (Phi) is 21.5. The van der Waals surface area contributed by atoms with Crippen molar-refractivity contribution in [1.82, 2.24) is 10.2 Å². The van der Waals surface area contributed by atoms with Crippen molar-refractivity contribution in [2.75, 3.05) is 39.5 Å². The number of rotatable bonds is 21. The molecule has 0 saturated carbocycles. The molecule has 0 aromatic rings. The van der Waals surface area contributed by atoms with E-state index in [1.807, 2.05) is 6.92 Å². The number of ether oxygens (including phenoxy) is 2. The van der Waals surface area contributed by atoms with Crippen molar-refractivity contribution in [2.24, 2.45) is 0 Å². The summed E-state index contributed by atoms with van der Waals surface area (Å²) in [6.07, 6.45) is 29.0. The minimum Gasteiger partial charge on any atom is -0.463 e. The third kappa shape index (κ3) is 21.6. The zero-order valence-electron chi connectivity index (χ0n) is 23.5. The molecule has 0 aromatic carbocycles. The van der Waals surface area contributed by atoms with Crippen LogP contribution >= 0.6 is 0 Å². The number of unbranched alkanes of at least 4 members (excludes halogenated alkanes) is 4. The lowest BCUT2D eigenvalue weighted by atomic mass is 10.2. The van der Waals surface area contributed by atoms with E-state index in [4.69, 9.17) is 9.47 Å². The fraction of sp³-hybridized carbons (Fsp3) is 0.677. The van der Waals surface area contributed by atoms with Gasteiger partial charge in [-0.2, -0.15) is 0 Å². The van der Waals surface area contributed by atoms with Gasteiger partial charge in [0.05, 0.1) is 19.3 Å².